The van der Waals surface area contributed by atoms with Crippen molar-refractivity contribution in [3.05, 3.63) is 106 Å². The van der Waals surface area contributed by atoms with E-state index in [1.807, 2.05) is 0 Å². The van der Waals surface area contributed by atoms with Gasteiger partial charge >= 0.3 is 18.0 Å². The molecule has 53 heavy (non-hydrogen) atoms. The molecule has 0 spiro atoms. The smallest absolute Gasteiger partial charge is 0.412 e. The predicted molar refractivity (Wildman–Crippen MR) is 198 cm³/mol. The van der Waals surface area contributed by atoms with Gasteiger partial charge in [0.25, 0.3) is 5.56 Å². The normalized spacial score (nSPS) is 11.0. The van der Waals surface area contributed by atoms with Gasteiger partial charge in [-0.2, -0.15) is 0 Å². The van der Waals surface area contributed by atoms with Crippen molar-refractivity contribution in [2.24, 2.45) is 0 Å². The van der Waals surface area contributed by atoms with Crippen LogP contribution >= 0.6 is 0 Å². The van der Waals surface area contributed by atoms with Crippen LogP contribution in [0.5, 0.6) is 23.0 Å². The SMILES string of the molecule is COC(=O)c1ccc(COc2ccc3c(-c4cc(OC)c(OC)c(OC)c4)c(C(=O)OC)n(-c4ccc(NC(=O)OC(C)(C)C)cc4)c(=O)c3c2)cc1. The number of esters is 2. The lowest BCUT2D eigenvalue weighted by Crippen LogP contribution is -2.27. The van der Waals surface area contributed by atoms with Crippen LogP contribution < -0.4 is 29.8 Å². The molecular formula is C40H40N2O11. The first-order valence-electron chi connectivity index (χ1n) is 16.3. The van der Waals surface area contributed by atoms with E-state index in [9.17, 15) is 19.2 Å². The highest BCUT2D eigenvalue weighted by molar-refractivity contribution is 6.08. The molecule has 5 aromatic rings. The van der Waals surface area contributed by atoms with Gasteiger partial charge in [0, 0.05) is 16.9 Å². The molecule has 0 radical (unpaired) electrons. The van der Waals surface area contributed by atoms with Gasteiger partial charge in [-0.15, -0.1) is 0 Å². The number of methoxy groups -OCH3 is 5. The Balaban J connectivity index is 1.71. The summed E-state index contributed by atoms with van der Waals surface area (Å²) in [5.41, 5.74) is 1.34. The number of hydrogen-bond acceptors (Lipinski definition) is 11. The van der Waals surface area contributed by atoms with Gasteiger partial charge in [-0.05, 0) is 104 Å². The predicted octanol–water partition coefficient (Wildman–Crippen LogP) is 7.18. The number of ether oxygens (including phenoxy) is 7. The Kier molecular flexibility index (Phi) is 11.3. The summed E-state index contributed by atoms with van der Waals surface area (Å²) >= 11 is 0. The molecule has 1 amide bonds. The molecule has 0 bridgehead atoms. The summed E-state index contributed by atoms with van der Waals surface area (Å²) in [7, 11) is 6.96. The van der Waals surface area contributed by atoms with E-state index in [1.54, 1.807) is 99.6 Å². The van der Waals surface area contributed by atoms with Crippen LogP contribution in [0.3, 0.4) is 0 Å². The first-order chi connectivity index (χ1) is 25.3. The van der Waals surface area contributed by atoms with Gasteiger partial charge in [-0.1, -0.05) is 12.1 Å². The summed E-state index contributed by atoms with van der Waals surface area (Å²) in [5.74, 6) is 0.0978. The lowest BCUT2D eigenvalue weighted by Gasteiger charge is -2.21. The molecule has 0 saturated carbocycles. The second-order valence-corrected chi connectivity index (χ2v) is 12.6. The molecule has 1 N–H and O–H groups in total. The van der Waals surface area contributed by atoms with Crippen LogP contribution in [0.15, 0.2) is 83.7 Å². The van der Waals surface area contributed by atoms with Crippen molar-refractivity contribution in [2.75, 3.05) is 40.9 Å². The van der Waals surface area contributed by atoms with E-state index in [4.69, 9.17) is 33.2 Å². The van der Waals surface area contributed by atoms with E-state index >= 15 is 0 Å². The van der Waals surface area contributed by atoms with Crippen molar-refractivity contribution in [2.45, 2.75) is 33.0 Å². The number of rotatable bonds is 11. The average Bonchev–Trinajstić information content (AvgIpc) is 3.15. The number of carbonyl (C=O) groups is 3. The van der Waals surface area contributed by atoms with E-state index in [-0.39, 0.29) is 17.7 Å². The van der Waals surface area contributed by atoms with Crippen molar-refractivity contribution in [3.63, 3.8) is 0 Å². The minimum absolute atomic E-state index is 0.0773. The highest BCUT2D eigenvalue weighted by Gasteiger charge is 2.27. The van der Waals surface area contributed by atoms with Crippen LogP contribution in [-0.2, 0) is 20.8 Å². The summed E-state index contributed by atoms with van der Waals surface area (Å²) in [5, 5.41) is 3.30. The van der Waals surface area contributed by atoms with Crippen molar-refractivity contribution in [1.82, 2.24) is 4.57 Å². The second kappa shape index (κ2) is 15.8. The monoisotopic (exact) mass is 724 g/mol. The van der Waals surface area contributed by atoms with Gasteiger partial charge < -0.3 is 33.2 Å². The fraction of sp³-hybridized carbons (Fsp3) is 0.250. The van der Waals surface area contributed by atoms with E-state index in [2.05, 4.69) is 5.32 Å². The molecule has 1 heterocycles. The maximum atomic E-state index is 14.6. The molecule has 0 fully saturated rings. The quantitative estimate of drug-likeness (QED) is 0.109. The maximum Gasteiger partial charge on any atom is 0.412 e. The Labute approximate surface area is 305 Å². The van der Waals surface area contributed by atoms with Crippen molar-refractivity contribution >= 4 is 34.5 Å². The largest absolute Gasteiger partial charge is 0.493 e. The zero-order valence-electron chi connectivity index (χ0n) is 30.7. The number of aromatic nitrogens is 1. The second-order valence-electron chi connectivity index (χ2n) is 12.6. The zero-order chi connectivity index (χ0) is 38.4. The van der Waals surface area contributed by atoms with E-state index in [0.29, 0.717) is 56.4 Å². The number of fused-ring (bicyclic) bond motifs is 1. The number of amides is 1. The summed E-state index contributed by atoms with van der Waals surface area (Å²) in [6, 6.07) is 21.4. The number of nitrogens with zero attached hydrogens (tertiary/aromatic N) is 1. The highest BCUT2D eigenvalue weighted by atomic mass is 16.6. The highest BCUT2D eigenvalue weighted by Crippen LogP contribution is 2.44. The molecule has 5 rings (SSSR count). The number of anilines is 1. The Bertz CT molecular complexity index is 2190. The number of nitrogens with one attached hydrogen (secondary N) is 1. The molecule has 13 heteroatoms. The average molecular weight is 725 g/mol. The van der Waals surface area contributed by atoms with E-state index in [1.165, 1.54) is 40.1 Å². The number of carbonyl (C=O) groups excluding carboxylic acids is 3. The summed E-state index contributed by atoms with van der Waals surface area (Å²) in [6.07, 6.45) is -0.653. The Morgan fingerprint density at radius 2 is 1.34 bits per heavy atom. The van der Waals surface area contributed by atoms with Crippen LogP contribution in [0.2, 0.25) is 0 Å². The Morgan fingerprint density at radius 3 is 1.89 bits per heavy atom. The minimum Gasteiger partial charge on any atom is -0.493 e. The van der Waals surface area contributed by atoms with E-state index in [0.717, 1.165) is 5.56 Å². The Morgan fingerprint density at radius 1 is 0.717 bits per heavy atom. The van der Waals surface area contributed by atoms with Crippen LogP contribution in [0.25, 0.3) is 27.6 Å². The molecule has 0 aliphatic rings. The minimum atomic E-state index is -0.792. The third-order valence-electron chi connectivity index (χ3n) is 8.04. The number of hydrogen-bond donors (Lipinski definition) is 1. The fourth-order valence-corrected chi connectivity index (χ4v) is 5.66. The standard InChI is InChI=1S/C40H40N2O11/c1-40(2,3)53-39(46)41-26-13-15-27(16-14-26)42-34(38(45)51-8)33(25-19-31(47-4)35(49-6)32(20-25)48-5)29-18-17-28(21-30(29)36(42)43)52-22-23-9-11-24(12-10-23)37(44)50-7/h9-21H,22H2,1-8H3,(H,41,46). The molecule has 0 saturated heterocycles. The molecule has 0 unspecified atom stereocenters. The topological polar surface area (TPSA) is 150 Å². The molecule has 13 nitrogen and oxygen atoms in total. The van der Waals surface area contributed by atoms with Gasteiger partial charge in [-0.25, -0.2) is 14.4 Å². The first-order valence-corrected chi connectivity index (χ1v) is 16.3. The van der Waals surface area contributed by atoms with Gasteiger partial charge in [0.2, 0.25) is 5.75 Å². The van der Waals surface area contributed by atoms with Crippen molar-refractivity contribution < 1.29 is 47.5 Å². The molecule has 1 aromatic heterocycles. The van der Waals surface area contributed by atoms with Gasteiger partial charge in [0.1, 0.15) is 23.7 Å². The van der Waals surface area contributed by atoms with E-state index < -0.39 is 29.2 Å². The summed E-state index contributed by atoms with van der Waals surface area (Å²) in [6.45, 7) is 5.39. The third-order valence-corrected chi connectivity index (χ3v) is 8.04. The zero-order valence-corrected chi connectivity index (χ0v) is 30.7. The number of pyridine rings is 1. The molecular weight excluding hydrogens is 684 g/mol. The van der Waals surface area contributed by atoms with Crippen LogP contribution in [0.4, 0.5) is 10.5 Å². The van der Waals surface area contributed by atoms with Crippen LogP contribution in [-0.4, -0.2) is 63.7 Å². The van der Waals surface area contributed by atoms with Crippen molar-refractivity contribution in [1.29, 1.82) is 0 Å². The van der Waals surface area contributed by atoms with Crippen molar-refractivity contribution in [3.8, 4) is 39.8 Å². The van der Waals surface area contributed by atoms with Crippen LogP contribution in [0.1, 0.15) is 47.2 Å². The summed E-state index contributed by atoms with van der Waals surface area (Å²) < 4.78 is 39.6. The lowest BCUT2D eigenvalue weighted by atomic mass is 9.95. The first kappa shape index (κ1) is 37.7. The Hall–Kier alpha value is -6.50. The molecule has 4 aromatic carbocycles. The number of benzene rings is 4. The van der Waals surface area contributed by atoms with Crippen LogP contribution in [0, 0.1) is 0 Å². The maximum absolute atomic E-state index is 14.6. The lowest BCUT2D eigenvalue weighted by molar-refractivity contribution is 0.0586. The molecule has 0 aliphatic heterocycles. The van der Waals surface area contributed by atoms with Gasteiger partial charge in [-0.3, -0.25) is 14.7 Å². The fourth-order valence-electron chi connectivity index (χ4n) is 5.66. The molecule has 0 atom stereocenters. The third kappa shape index (κ3) is 8.19. The molecule has 0 aliphatic carbocycles. The van der Waals surface area contributed by atoms with Gasteiger partial charge in [0.05, 0.1) is 46.5 Å². The van der Waals surface area contributed by atoms with Gasteiger partial charge in [0.15, 0.2) is 11.5 Å². The molecule has 276 valence electrons. The summed E-state index contributed by atoms with van der Waals surface area (Å²) in [4.78, 5) is 52.7.